The fraction of sp³-hybridized carbons (Fsp3) is 0.571. The van der Waals surface area contributed by atoms with Crippen molar-refractivity contribution in [3.63, 3.8) is 0 Å². The highest BCUT2D eigenvalue weighted by Crippen LogP contribution is 2.30. The predicted molar refractivity (Wildman–Crippen MR) is 70.8 cm³/mol. The molecule has 0 saturated heterocycles. The number of rotatable bonds is 3. The zero-order chi connectivity index (χ0) is 13.1. The lowest BCUT2D eigenvalue weighted by Gasteiger charge is -2.33. The maximum atomic E-state index is 10.7. The van der Waals surface area contributed by atoms with Crippen molar-refractivity contribution >= 4 is 11.8 Å². The van der Waals surface area contributed by atoms with E-state index in [0.717, 1.165) is 18.2 Å². The summed E-state index contributed by atoms with van der Waals surface area (Å²) in [4.78, 5) is 14.9. The lowest BCUT2D eigenvalue weighted by Crippen LogP contribution is -2.33. The summed E-state index contributed by atoms with van der Waals surface area (Å²) >= 11 is 0. The minimum atomic E-state index is -0.936. The van der Waals surface area contributed by atoms with Gasteiger partial charge in [0.05, 0.1) is 5.56 Å². The monoisotopic (exact) mass is 248 g/mol. The van der Waals surface area contributed by atoms with Crippen LogP contribution in [-0.4, -0.2) is 22.1 Å². The lowest BCUT2D eigenvalue weighted by molar-refractivity contribution is 0.0696. The van der Waals surface area contributed by atoms with Gasteiger partial charge in [-0.25, -0.2) is 9.78 Å². The van der Waals surface area contributed by atoms with Crippen molar-refractivity contribution in [3.8, 4) is 0 Å². The molecule has 3 atom stereocenters. The average molecular weight is 248 g/mol. The van der Waals surface area contributed by atoms with Crippen molar-refractivity contribution in [3.05, 3.63) is 23.9 Å². The molecule has 1 aliphatic carbocycles. The van der Waals surface area contributed by atoms with Crippen LogP contribution >= 0.6 is 0 Å². The summed E-state index contributed by atoms with van der Waals surface area (Å²) in [5, 5.41) is 12.2. The summed E-state index contributed by atoms with van der Waals surface area (Å²) in [6.07, 6.45) is 5.05. The van der Waals surface area contributed by atoms with Crippen molar-refractivity contribution in [1.82, 2.24) is 4.98 Å². The van der Waals surface area contributed by atoms with Crippen molar-refractivity contribution in [2.75, 3.05) is 5.32 Å². The van der Waals surface area contributed by atoms with Crippen LogP contribution in [0.4, 0.5) is 5.82 Å². The van der Waals surface area contributed by atoms with Crippen LogP contribution in [0.25, 0.3) is 0 Å². The van der Waals surface area contributed by atoms with Crippen LogP contribution < -0.4 is 5.32 Å². The van der Waals surface area contributed by atoms with Crippen molar-refractivity contribution in [2.24, 2.45) is 11.8 Å². The van der Waals surface area contributed by atoms with Crippen molar-refractivity contribution < 1.29 is 9.90 Å². The van der Waals surface area contributed by atoms with E-state index in [9.17, 15) is 4.79 Å². The third-order valence-corrected chi connectivity index (χ3v) is 3.78. The number of nitrogens with one attached hydrogen (secondary N) is 1. The molecule has 0 radical (unpaired) electrons. The molecule has 0 aromatic carbocycles. The number of anilines is 1. The van der Waals surface area contributed by atoms with Gasteiger partial charge in [-0.05, 0) is 43.2 Å². The van der Waals surface area contributed by atoms with E-state index in [1.54, 1.807) is 12.1 Å². The van der Waals surface area contributed by atoms with E-state index < -0.39 is 5.97 Å². The number of carbonyl (C=O) groups is 1. The number of aromatic carboxylic acids is 1. The number of pyridine rings is 1. The molecule has 1 saturated carbocycles. The fourth-order valence-electron chi connectivity index (χ4n) is 2.68. The summed E-state index contributed by atoms with van der Waals surface area (Å²) in [6, 6.07) is 3.78. The third kappa shape index (κ3) is 3.00. The Morgan fingerprint density at radius 1 is 1.39 bits per heavy atom. The van der Waals surface area contributed by atoms with E-state index >= 15 is 0 Å². The summed E-state index contributed by atoms with van der Waals surface area (Å²) in [5.41, 5.74) is 0.228. The van der Waals surface area contributed by atoms with Gasteiger partial charge < -0.3 is 10.4 Å². The molecular weight excluding hydrogens is 228 g/mol. The Kier molecular flexibility index (Phi) is 3.84. The van der Waals surface area contributed by atoms with Gasteiger partial charge in [-0.15, -0.1) is 0 Å². The number of aromatic nitrogens is 1. The van der Waals surface area contributed by atoms with Gasteiger partial charge in [0.1, 0.15) is 5.82 Å². The van der Waals surface area contributed by atoms with Crippen molar-refractivity contribution in [2.45, 2.75) is 39.2 Å². The normalized spacial score (nSPS) is 27.8. The molecule has 0 bridgehead atoms. The fourth-order valence-corrected chi connectivity index (χ4v) is 2.68. The number of hydrogen-bond acceptors (Lipinski definition) is 3. The molecule has 1 aromatic heterocycles. The molecule has 0 spiro atoms. The van der Waals surface area contributed by atoms with Crippen LogP contribution in [0.3, 0.4) is 0 Å². The molecule has 4 heteroatoms. The first-order valence-electron chi connectivity index (χ1n) is 6.52. The Morgan fingerprint density at radius 3 is 2.72 bits per heavy atom. The van der Waals surface area contributed by atoms with Gasteiger partial charge in [0.15, 0.2) is 0 Å². The van der Waals surface area contributed by atoms with Crippen LogP contribution in [0.5, 0.6) is 0 Å². The molecule has 2 rings (SSSR count). The number of hydrogen-bond donors (Lipinski definition) is 2. The Labute approximate surface area is 107 Å². The highest BCUT2D eigenvalue weighted by Gasteiger charge is 2.25. The van der Waals surface area contributed by atoms with Gasteiger partial charge in [0.2, 0.25) is 0 Å². The first-order chi connectivity index (χ1) is 8.56. The average Bonchev–Trinajstić information content (AvgIpc) is 2.33. The van der Waals surface area contributed by atoms with Gasteiger partial charge in [-0.3, -0.25) is 0 Å². The van der Waals surface area contributed by atoms with Gasteiger partial charge in [0, 0.05) is 12.2 Å². The quantitative estimate of drug-likeness (QED) is 0.863. The molecule has 1 aliphatic rings. The summed E-state index contributed by atoms with van der Waals surface area (Å²) in [6.45, 7) is 4.56. The van der Waals surface area contributed by atoms with E-state index in [-0.39, 0.29) is 5.56 Å². The van der Waals surface area contributed by atoms with E-state index in [1.807, 2.05) is 0 Å². The largest absolute Gasteiger partial charge is 0.478 e. The second-order valence-corrected chi connectivity index (χ2v) is 5.38. The molecular formula is C14H20N2O2. The van der Waals surface area contributed by atoms with Crippen LogP contribution in [0.15, 0.2) is 18.3 Å². The maximum absolute atomic E-state index is 10.7. The second-order valence-electron chi connectivity index (χ2n) is 5.38. The molecule has 1 heterocycles. The molecule has 3 unspecified atom stereocenters. The maximum Gasteiger partial charge on any atom is 0.337 e. The van der Waals surface area contributed by atoms with Crippen LogP contribution in [0.2, 0.25) is 0 Å². The lowest BCUT2D eigenvalue weighted by atomic mass is 9.80. The molecule has 0 amide bonds. The summed E-state index contributed by atoms with van der Waals surface area (Å²) < 4.78 is 0. The molecule has 18 heavy (non-hydrogen) atoms. The topological polar surface area (TPSA) is 62.2 Å². The Bertz CT molecular complexity index is 416. The standard InChI is InChI=1S/C14H20N2O2/c1-9-3-5-12(10(2)7-9)16-13-6-4-11(8-15-13)14(17)18/h4,6,8-10,12H,3,5,7H2,1-2H3,(H,15,16)(H,17,18). The minimum Gasteiger partial charge on any atom is -0.478 e. The second kappa shape index (κ2) is 5.38. The SMILES string of the molecule is CC1CCC(Nc2ccc(C(=O)O)cn2)C(C)C1. The highest BCUT2D eigenvalue weighted by molar-refractivity contribution is 5.87. The van der Waals surface area contributed by atoms with E-state index in [0.29, 0.717) is 12.0 Å². The van der Waals surface area contributed by atoms with E-state index in [2.05, 4.69) is 24.1 Å². The zero-order valence-electron chi connectivity index (χ0n) is 10.9. The minimum absolute atomic E-state index is 0.228. The van der Waals surface area contributed by atoms with E-state index in [4.69, 9.17) is 5.11 Å². The molecule has 4 nitrogen and oxygen atoms in total. The molecule has 0 aliphatic heterocycles. The van der Waals surface area contributed by atoms with Gasteiger partial charge in [0.25, 0.3) is 0 Å². The van der Waals surface area contributed by atoms with Gasteiger partial charge >= 0.3 is 5.97 Å². The summed E-state index contributed by atoms with van der Waals surface area (Å²) in [5.74, 6) is 1.27. The Morgan fingerprint density at radius 2 is 2.17 bits per heavy atom. The predicted octanol–water partition coefficient (Wildman–Crippen LogP) is 3.02. The smallest absolute Gasteiger partial charge is 0.337 e. The van der Waals surface area contributed by atoms with Gasteiger partial charge in [-0.1, -0.05) is 13.8 Å². The first-order valence-corrected chi connectivity index (χ1v) is 6.52. The summed E-state index contributed by atoms with van der Waals surface area (Å²) in [7, 11) is 0. The van der Waals surface area contributed by atoms with Crippen LogP contribution in [0, 0.1) is 11.8 Å². The van der Waals surface area contributed by atoms with Crippen LogP contribution in [-0.2, 0) is 0 Å². The van der Waals surface area contributed by atoms with E-state index in [1.165, 1.54) is 19.0 Å². The molecule has 2 N–H and O–H groups in total. The molecule has 98 valence electrons. The number of nitrogens with zero attached hydrogens (tertiary/aromatic N) is 1. The molecule has 1 fully saturated rings. The third-order valence-electron chi connectivity index (χ3n) is 3.78. The van der Waals surface area contributed by atoms with Crippen molar-refractivity contribution in [1.29, 1.82) is 0 Å². The first kappa shape index (κ1) is 12.9. The van der Waals surface area contributed by atoms with Crippen LogP contribution in [0.1, 0.15) is 43.5 Å². The Balaban J connectivity index is 1.99. The highest BCUT2D eigenvalue weighted by atomic mass is 16.4. The number of carboxylic acids is 1. The zero-order valence-corrected chi connectivity index (χ0v) is 10.9. The Hall–Kier alpha value is -1.58. The van der Waals surface area contributed by atoms with Gasteiger partial charge in [-0.2, -0.15) is 0 Å². The number of carboxylic acid groups (broad SMARTS) is 1. The molecule has 1 aromatic rings.